The summed E-state index contributed by atoms with van der Waals surface area (Å²) in [5.41, 5.74) is 1.22. The first-order chi connectivity index (χ1) is 12.3. The van der Waals surface area contributed by atoms with Crippen molar-refractivity contribution in [3.8, 4) is 5.69 Å². The summed E-state index contributed by atoms with van der Waals surface area (Å²) in [4.78, 5) is 17.2. The highest BCUT2D eigenvalue weighted by Gasteiger charge is 2.13. The van der Waals surface area contributed by atoms with Gasteiger partial charge in [-0.2, -0.15) is 5.10 Å². The van der Waals surface area contributed by atoms with Crippen molar-refractivity contribution in [2.45, 2.75) is 26.4 Å². The van der Waals surface area contributed by atoms with Crippen molar-refractivity contribution >= 4 is 11.0 Å². The molecule has 0 atom stereocenters. The zero-order valence-corrected chi connectivity index (χ0v) is 13.6. The lowest BCUT2D eigenvalue weighted by Crippen LogP contribution is -2.23. The average Bonchev–Trinajstić information content (AvgIpc) is 3.26. The summed E-state index contributed by atoms with van der Waals surface area (Å²) in [7, 11) is 0. The number of rotatable bonds is 5. The lowest BCUT2D eigenvalue weighted by molar-refractivity contribution is 0.540. The fourth-order valence-electron chi connectivity index (χ4n) is 2.69. The fraction of sp³-hybridized carbons (Fsp3) is 0.250. The molecule has 0 saturated heterocycles. The second-order valence-electron chi connectivity index (χ2n) is 5.63. The van der Waals surface area contributed by atoms with Crippen molar-refractivity contribution in [2.24, 2.45) is 0 Å². The Balaban J connectivity index is 1.74. The Morgan fingerprint density at radius 3 is 2.80 bits per heavy atom. The van der Waals surface area contributed by atoms with Gasteiger partial charge in [-0.3, -0.25) is 9.36 Å². The molecule has 0 amide bonds. The minimum Gasteiger partial charge on any atom is -0.291 e. The van der Waals surface area contributed by atoms with E-state index >= 15 is 0 Å². The lowest BCUT2D eigenvalue weighted by atomic mass is 10.3. The summed E-state index contributed by atoms with van der Waals surface area (Å²) in [6.07, 6.45) is 3.97. The standard InChI is InChI=1S/C16H16N8O/c1-2-8-23-14(19-20-21-23)10-22-11-17-15-13(16(22)25)9-18-24(15)12-6-4-3-5-7-12/h3-7,9,11H,2,8,10H2,1H3. The van der Waals surface area contributed by atoms with Gasteiger partial charge in [0, 0.05) is 6.54 Å². The monoisotopic (exact) mass is 336 g/mol. The average molecular weight is 336 g/mol. The van der Waals surface area contributed by atoms with Gasteiger partial charge in [-0.25, -0.2) is 14.3 Å². The molecule has 0 N–H and O–H groups in total. The van der Waals surface area contributed by atoms with E-state index in [1.54, 1.807) is 15.6 Å². The number of aryl methyl sites for hydroxylation is 1. The van der Waals surface area contributed by atoms with Gasteiger partial charge in [-0.15, -0.1) is 5.10 Å². The van der Waals surface area contributed by atoms with E-state index in [0.717, 1.165) is 12.1 Å². The van der Waals surface area contributed by atoms with E-state index in [9.17, 15) is 4.79 Å². The van der Waals surface area contributed by atoms with Gasteiger partial charge in [-0.1, -0.05) is 25.1 Å². The van der Waals surface area contributed by atoms with E-state index in [2.05, 4.69) is 25.6 Å². The molecule has 0 unspecified atom stereocenters. The first-order valence-electron chi connectivity index (χ1n) is 8.01. The summed E-state index contributed by atoms with van der Waals surface area (Å²) in [5, 5.41) is 16.4. The van der Waals surface area contributed by atoms with Crippen LogP contribution in [-0.4, -0.2) is 39.5 Å². The third-order valence-corrected chi connectivity index (χ3v) is 3.91. The van der Waals surface area contributed by atoms with E-state index in [0.29, 0.717) is 23.4 Å². The van der Waals surface area contributed by atoms with E-state index in [4.69, 9.17) is 0 Å². The number of aromatic nitrogens is 8. The molecular weight excluding hydrogens is 320 g/mol. The van der Waals surface area contributed by atoms with Crippen LogP contribution in [0.3, 0.4) is 0 Å². The maximum atomic E-state index is 12.8. The predicted octanol–water partition coefficient (Wildman–Crippen LogP) is 1.03. The van der Waals surface area contributed by atoms with E-state index in [1.165, 1.54) is 10.9 Å². The molecule has 1 aromatic carbocycles. The van der Waals surface area contributed by atoms with Gasteiger partial charge in [-0.05, 0) is 29.0 Å². The first kappa shape index (κ1) is 15.2. The highest BCUT2D eigenvalue weighted by atomic mass is 16.1. The molecule has 25 heavy (non-hydrogen) atoms. The van der Waals surface area contributed by atoms with Gasteiger partial charge >= 0.3 is 0 Å². The van der Waals surface area contributed by atoms with Crippen molar-refractivity contribution in [3.05, 3.63) is 59.0 Å². The fourth-order valence-corrected chi connectivity index (χ4v) is 2.69. The van der Waals surface area contributed by atoms with Crippen LogP contribution in [0, 0.1) is 0 Å². The molecule has 4 rings (SSSR count). The summed E-state index contributed by atoms with van der Waals surface area (Å²) in [5.74, 6) is 0.626. The Hall–Kier alpha value is -3.36. The Morgan fingerprint density at radius 1 is 1.16 bits per heavy atom. The second-order valence-corrected chi connectivity index (χ2v) is 5.63. The smallest absolute Gasteiger partial charge is 0.264 e. The molecule has 4 aromatic rings. The molecule has 9 nitrogen and oxygen atoms in total. The number of hydrogen-bond donors (Lipinski definition) is 0. The maximum absolute atomic E-state index is 12.8. The van der Waals surface area contributed by atoms with Crippen molar-refractivity contribution in [2.75, 3.05) is 0 Å². The van der Waals surface area contributed by atoms with Crippen molar-refractivity contribution in [1.29, 1.82) is 0 Å². The molecule has 0 radical (unpaired) electrons. The van der Waals surface area contributed by atoms with Crippen LogP contribution in [0.25, 0.3) is 16.7 Å². The molecule has 126 valence electrons. The number of hydrogen-bond acceptors (Lipinski definition) is 6. The number of tetrazole rings is 1. The molecule has 0 aliphatic rings. The normalized spacial score (nSPS) is 11.2. The number of para-hydroxylation sites is 1. The summed E-state index contributed by atoms with van der Waals surface area (Å²) >= 11 is 0. The van der Waals surface area contributed by atoms with Crippen LogP contribution in [0.2, 0.25) is 0 Å². The van der Waals surface area contributed by atoms with Gasteiger partial charge in [0.1, 0.15) is 11.7 Å². The van der Waals surface area contributed by atoms with Crippen molar-refractivity contribution < 1.29 is 0 Å². The SMILES string of the molecule is CCCn1nnnc1Cn1cnc2c(cnn2-c2ccccc2)c1=O. The second kappa shape index (κ2) is 6.27. The highest BCUT2D eigenvalue weighted by Crippen LogP contribution is 2.13. The zero-order chi connectivity index (χ0) is 17.2. The number of nitrogens with zero attached hydrogens (tertiary/aromatic N) is 8. The van der Waals surface area contributed by atoms with Crippen LogP contribution in [0.5, 0.6) is 0 Å². The van der Waals surface area contributed by atoms with Crippen LogP contribution < -0.4 is 5.56 Å². The molecule has 0 aliphatic heterocycles. The molecule has 3 heterocycles. The summed E-state index contributed by atoms with van der Waals surface area (Å²) < 4.78 is 4.85. The van der Waals surface area contributed by atoms with Crippen LogP contribution in [0.1, 0.15) is 19.2 Å². The molecular formula is C16H16N8O. The van der Waals surface area contributed by atoms with Crippen molar-refractivity contribution in [1.82, 2.24) is 39.5 Å². The van der Waals surface area contributed by atoms with Crippen LogP contribution in [0.4, 0.5) is 0 Å². The van der Waals surface area contributed by atoms with Crippen LogP contribution in [0.15, 0.2) is 47.7 Å². The molecule has 0 bridgehead atoms. The van der Waals surface area contributed by atoms with Gasteiger partial charge in [0.2, 0.25) is 0 Å². The third kappa shape index (κ3) is 2.69. The minimum atomic E-state index is -0.168. The quantitative estimate of drug-likeness (QED) is 0.540. The zero-order valence-electron chi connectivity index (χ0n) is 13.6. The predicted molar refractivity (Wildman–Crippen MR) is 90.3 cm³/mol. The first-order valence-corrected chi connectivity index (χ1v) is 8.01. The molecule has 0 spiro atoms. The van der Waals surface area contributed by atoms with E-state index in [1.807, 2.05) is 37.3 Å². The highest BCUT2D eigenvalue weighted by molar-refractivity contribution is 5.74. The topological polar surface area (TPSA) is 96.3 Å². The van der Waals surface area contributed by atoms with Gasteiger partial charge < -0.3 is 0 Å². The minimum absolute atomic E-state index is 0.168. The van der Waals surface area contributed by atoms with Crippen molar-refractivity contribution in [3.63, 3.8) is 0 Å². The van der Waals surface area contributed by atoms with Gasteiger partial charge in [0.25, 0.3) is 5.56 Å². The molecule has 0 saturated carbocycles. The Kier molecular flexibility index (Phi) is 3.81. The van der Waals surface area contributed by atoms with Gasteiger partial charge in [0.15, 0.2) is 11.5 Å². The summed E-state index contributed by atoms with van der Waals surface area (Å²) in [6.45, 7) is 3.02. The lowest BCUT2D eigenvalue weighted by Gasteiger charge is -2.06. The largest absolute Gasteiger partial charge is 0.291 e. The number of fused-ring (bicyclic) bond motifs is 1. The Labute approximate surface area is 142 Å². The molecule has 0 fully saturated rings. The van der Waals surface area contributed by atoms with Gasteiger partial charge in [0.05, 0.1) is 18.4 Å². The van der Waals surface area contributed by atoms with Crippen LogP contribution in [-0.2, 0) is 13.1 Å². The Bertz CT molecular complexity index is 1060. The third-order valence-electron chi connectivity index (χ3n) is 3.91. The molecule has 9 heteroatoms. The van der Waals surface area contributed by atoms with E-state index < -0.39 is 0 Å². The summed E-state index contributed by atoms with van der Waals surface area (Å²) in [6, 6.07) is 9.59. The van der Waals surface area contributed by atoms with E-state index in [-0.39, 0.29) is 12.1 Å². The Morgan fingerprint density at radius 2 is 2.00 bits per heavy atom. The van der Waals surface area contributed by atoms with Crippen LogP contribution >= 0.6 is 0 Å². The molecule has 0 aliphatic carbocycles. The molecule has 3 aromatic heterocycles. The number of benzene rings is 1. The maximum Gasteiger partial charge on any atom is 0.264 e.